The molecule has 2 aliphatic rings. The van der Waals surface area contributed by atoms with Gasteiger partial charge in [-0.15, -0.1) is 0 Å². The zero-order valence-electron chi connectivity index (χ0n) is 14.8. The van der Waals surface area contributed by atoms with Gasteiger partial charge < -0.3 is 5.32 Å². The molecule has 3 atom stereocenters. The van der Waals surface area contributed by atoms with Crippen LogP contribution in [0, 0.1) is 5.82 Å². The van der Waals surface area contributed by atoms with Gasteiger partial charge in [-0.3, -0.25) is 14.7 Å². The number of nitrogens with zero attached hydrogens (tertiary/aromatic N) is 2. The number of nitrogens with one attached hydrogen (secondary N) is 1. The van der Waals surface area contributed by atoms with Gasteiger partial charge in [0.15, 0.2) is 0 Å². The molecule has 4 rings (SSSR count). The van der Waals surface area contributed by atoms with Crippen LogP contribution in [0.2, 0.25) is 0 Å². The Morgan fingerprint density at radius 3 is 2.96 bits per heavy atom. The van der Waals surface area contributed by atoms with Crippen LogP contribution in [0.3, 0.4) is 0 Å². The highest BCUT2D eigenvalue weighted by molar-refractivity contribution is 5.76. The third-order valence-corrected chi connectivity index (χ3v) is 5.61. The van der Waals surface area contributed by atoms with Crippen molar-refractivity contribution in [2.75, 3.05) is 6.54 Å². The first-order valence-corrected chi connectivity index (χ1v) is 9.38. The van der Waals surface area contributed by atoms with Crippen LogP contribution in [0.5, 0.6) is 0 Å². The van der Waals surface area contributed by atoms with Gasteiger partial charge in [0.25, 0.3) is 0 Å². The maximum Gasteiger partial charge on any atom is 0.220 e. The zero-order valence-corrected chi connectivity index (χ0v) is 14.8. The van der Waals surface area contributed by atoms with E-state index < -0.39 is 0 Å². The highest BCUT2D eigenvalue weighted by Gasteiger charge is 2.43. The number of hydrogen-bond acceptors (Lipinski definition) is 3. The van der Waals surface area contributed by atoms with Crippen LogP contribution < -0.4 is 5.32 Å². The minimum absolute atomic E-state index is 0.0290. The third-order valence-electron chi connectivity index (χ3n) is 5.61. The number of hydrogen-bond donors (Lipinski definition) is 1. The van der Waals surface area contributed by atoms with Gasteiger partial charge in [0.1, 0.15) is 5.82 Å². The van der Waals surface area contributed by atoms with Crippen LogP contribution in [0.15, 0.2) is 48.8 Å². The van der Waals surface area contributed by atoms with Gasteiger partial charge in [0.2, 0.25) is 5.91 Å². The lowest BCUT2D eigenvalue weighted by Gasteiger charge is -2.31. The zero-order chi connectivity index (χ0) is 17.9. The first-order valence-electron chi connectivity index (χ1n) is 9.38. The van der Waals surface area contributed by atoms with Crippen molar-refractivity contribution in [2.45, 2.75) is 50.2 Å². The van der Waals surface area contributed by atoms with Crippen molar-refractivity contribution in [1.82, 2.24) is 15.2 Å². The molecule has 2 aliphatic heterocycles. The molecule has 1 N–H and O–H groups in total. The first kappa shape index (κ1) is 17.2. The minimum atomic E-state index is -0.220. The Morgan fingerprint density at radius 1 is 1.23 bits per heavy atom. The van der Waals surface area contributed by atoms with E-state index in [4.69, 9.17) is 0 Å². The van der Waals surface area contributed by atoms with E-state index in [-0.39, 0.29) is 29.7 Å². The van der Waals surface area contributed by atoms with Gasteiger partial charge in [-0.05, 0) is 42.2 Å². The number of benzene rings is 1. The summed E-state index contributed by atoms with van der Waals surface area (Å²) in [7, 11) is 0. The molecule has 136 valence electrons. The molecule has 2 saturated heterocycles. The largest absolute Gasteiger partial charge is 0.351 e. The molecule has 2 aromatic rings. The molecule has 0 unspecified atom stereocenters. The highest BCUT2D eigenvalue weighted by Crippen LogP contribution is 2.36. The van der Waals surface area contributed by atoms with Gasteiger partial charge in [0.05, 0.1) is 6.04 Å². The van der Waals surface area contributed by atoms with Crippen LogP contribution in [0.4, 0.5) is 4.39 Å². The van der Waals surface area contributed by atoms with E-state index in [0.29, 0.717) is 6.42 Å². The van der Waals surface area contributed by atoms with Crippen molar-refractivity contribution in [1.29, 1.82) is 0 Å². The Kier molecular flexibility index (Phi) is 4.98. The summed E-state index contributed by atoms with van der Waals surface area (Å²) in [5.74, 6) is 0.000632. The Morgan fingerprint density at radius 2 is 2.15 bits per heavy atom. The monoisotopic (exact) mass is 353 g/mol. The quantitative estimate of drug-likeness (QED) is 0.921. The molecule has 1 aromatic heterocycles. The SMILES string of the molecule is O=C1CCCC[C@@H]2[C@@H](N1)[C@H](c1cccc(F)c1)CN2Cc1cccnc1. The summed E-state index contributed by atoms with van der Waals surface area (Å²) in [6.45, 7) is 1.62. The second-order valence-electron chi connectivity index (χ2n) is 7.36. The normalized spacial score (nSPS) is 26.7. The maximum absolute atomic E-state index is 13.8. The number of pyridine rings is 1. The molecular formula is C21H24FN3O. The molecule has 0 radical (unpaired) electrons. The van der Waals surface area contributed by atoms with Gasteiger partial charge in [-0.1, -0.05) is 24.6 Å². The molecule has 0 spiro atoms. The number of carbonyl (C=O) groups is 1. The number of aromatic nitrogens is 1. The summed E-state index contributed by atoms with van der Waals surface area (Å²) in [5.41, 5.74) is 2.13. The van der Waals surface area contributed by atoms with E-state index in [0.717, 1.165) is 37.9 Å². The third kappa shape index (κ3) is 3.63. The van der Waals surface area contributed by atoms with E-state index in [2.05, 4.69) is 21.3 Å². The molecule has 3 heterocycles. The van der Waals surface area contributed by atoms with Crippen molar-refractivity contribution >= 4 is 5.91 Å². The molecule has 26 heavy (non-hydrogen) atoms. The van der Waals surface area contributed by atoms with E-state index in [1.54, 1.807) is 18.3 Å². The Hall–Kier alpha value is -2.27. The van der Waals surface area contributed by atoms with Gasteiger partial charge >= 0.3 is 0 Å². The minimum Gasteiger partial charge on any atom is -0.351 e. The van der Waals surface area contributed by atoms with Crippen molar-refractivity contribution in [3.05, 3.63) is 65.7 Å². The fourth-order valence-electron chi connectivity index (χ4n) is 4.41. The number of likely N-dealkylation sites (tertiary alicyclic amines) is 1. The number of halogens is 1. The van der Waals surface area contributed by atoms with Crippen molar-refractivity contribution < 1.29 is 9.18 Å². The predicted molar refractivity (Wildman–Crippen MR) is 98.0 cm³/mol. The van der Waals surface area contributed by atoms with Crippen LogP contribution in [0.25, 0.3) is 0 Å². The molecule has 1 amide bonds. The number of amides is 1. The van der Waals surface area contributed by atoms with Crippen molar-refractivity contribution in [3.63, 3.8) is 0 Å². The summed E-state index contributed by atoms with van der Waals surface area (Å²) >= 11 is 0. The second-order valence-corrected chi connectivity index (χ2v) is 7.36. The Balaban J connectivity index is 1.64. The Labute approximate surface area is 153 Å². The van der Waals surface area contributed by atoms with Crippen molar-refractivity contribution in [3.8, 4) is 0 Å². The topological polar surface area (TPSA) is 45.2 Å². The van der Waals surface area contributed by atoms with Crippen LogP contribution in [-0.2, 0) is 11.3 Å². The molecule has 0 bridgehead atoms. The maximum atomic E-state index is 13.8. The second kappa shape index (κ2) is 7.54. The standard InChI is InChI=1S/C21H24FN3O/c22-17-7-3-6-16(11-17)18-14-25(13-15-5-4-10-23-12-15)19-8-1-2-9-20(26)24-21(18)19/h3-7,10-12,18-19,21H,1-2,8-9,13-14H2,(H,24,26)/t18-,19+,21-/m0/s1. The molecule has 4 nitrogen and oxygen atoms in total. The molecule has 1 aromatic carbocycles. The van der Waals surface area contributed by atoms with E-state index in [1.807, 2.05) is 18.3 Å². The summed E-state index contributed by atoms with van der Waals surface area (Å²) in [5, 5.41) is 3.25. The lowest BCUT2D eigenvalue weighted by Crippen LogP contribution is -2.47. The molecule has 5 heteroatoms. The number of carbonyl (C=O) groups excluding carboxylic acids is 1. The fourth-order valence-corrected chi connectivity index (χ4v) is 4.41. The van der Waals surface area contributed by atoms with Crippen LogP contribution in [-0.4, -0.2) is 34.4 Å². The first-order chi connectivity index (χ1) is 12.7. The molecule has 2 fully saturated rings. The Bertz CT molecular complexity index is 767. The van der Waals surface area contributed by atoms with E-state index in [9.17, 15) is 9.18 Å². The molecule has 0 saturated carbocycles. The highest BCUT2D eigenvalue weighted by atomic mass is 19.1. The van der Waals surface area contributed by atoms with Crippen LogP contribution in [0.1, 0.15) is 42.7 Å². The molecule has 0 aliphatic carbocycles. The van der Waals surface area contributed by atoms with Gasteiger partial charge in [0, 0.05) is 43.9 Å². The smallest absolute Gasteiger partial charge is 0.220 e. The lowest BCUT2D eigenvalue weighted by molar-refractivity contribution is -0.122. The summed E-state index contributed by atoms with van der Waals surface area (Å²) in [6, 6.07) is 11.2. The van der Waals surface area contributed by atoms with E-state index in [1.165, 1.54) is 11.6 Å². The summed E-state index contributed by atoms with van der Waals surface area (Å²) in [6.07, 6.45) is 7.29. The average molecular weight is 353 g/mol. The lowest BCUT2D eigenvalue weighted by atomic mass is 9.88. The number of rotatable bonds is 3. The van der Waals surface area contributed by atoms with Gasteiger partial charge in [-0.2, -0.15) is 0 Å². The van der Waals surface area contributed by atoms with Crippen molar-refractivity contribution in [2.24, 2.45) is 0 Å². The predicted octanol–water partition coefficient (Wildman–Crippen LogP) is 3.25. The van der Waals surface area contributed by atoms with E-state index >= 15 is 0 Å². The fraction of sp³-hybridized carbons (Fsp3) is 0.429. The number of fused-ring (bicyclic) bond motifs is 1. The van der Waals surface area contributed by atoms with Crippen LogP contribution >= 0.6 is 0 Å². The van der Waals surface area contributed by atoms with Gasteiger partial charge in [-0.25, -0.2) is 4.39 Å². The molecular weight excluding hydrogens is 329 g/mol. The average Bonchev–Trinajstić information content (AvgIpc) is 2.94. The summed E-state index contributed by atoms with van der Waals surface area (Å²) < 4.78 is 13.8. The summed E-state index contributed by atoms with van der Waals surface area (Å²) in [4.78, 5) is 18.9.